The minimum atomic E-state index is -0.618. The number of nitrogens with zero attached hydrogens (tertiary/aromatic N) is 2. The van der Waals surface area contributed by atoms with Crippen molar-refractivity contribution >= 4 is 40.6 Å². The molecule has 0 fully saturated rings. The van der Waals surface area contributed by atoms with Crippen LogP contribution in [0.15, 0.2) is 63.3 Å². The Balaban J connectivity index is 1.66. The van der Waals surface area contributed by atoms with E-state index in [2.05, 4.69) is 20.8 Å². The van der Waals surface area contributed by atoms with Crippen LogP contribution in [0.2, 0.25) is 0 Å². The lowest BCUT2D eigenvalue weighted by Gasteiger charge is -2.21. The molecule has 0 spiro atoms. The number of aryl methyl sites for hydroxylation is 1. The molecule has 0 aliphatic carbocycles. The van der Waals surface area contributed by atoms with E-state index < -0.39 is 6.04 Å². The van der Waals surface area contributed by atoms with Crippen LogP contribution in [-0.4, -0.2) is 28.1 Å². The van der Waals surface area contributed by atoms with Crippen molar-refractivity contribution in [1.82, 2.24) is 15.5 Å². The second-order valence-electron chi connectivity index (χ2n) is 7.29. The summed E-state index contributed by atoms with van der Waals surface area (Å²) in [5.74, 6) is -0.212. The molecule has 156 valence electrons. The van der Waals surface area contributed by atoms with Crippen molar-refractivity contribution in [3.05, 3.63) is 65.2 Å². The van der Waals surface area contributed by atoms with Gasteiger partial charge < -0.3 is 10.6 Å². The molecule has 1 atom stereocenters. The van der Waals surface area contributed by atoms with Crippen LogP contribution in [0.1, 0.15) is 36.2 Å². The quantitative estimate of drug-likeness (QED) is 0.527. The maximum absolute atomic E-state index is 12.9. The van der Waals surface area contributed by atoms with E-state index in [-0.39, 0.29) is 17.7 Å². The van der Waals surface area contributed by atoms with Crippen molar-refractivity contribution < 1.29 is 9.59 Å². The number of nitrogens with one attached hydrogen (secondary N) is 2. The van der Waals surface area contributed by atoms with Crippen molar-refractivity contribution in [2.75, 3.05) is 5.32 Å². The van der Waals surface area contributed by atoms with Gasteiger partial charge in [0.2, 0.25) is 5.91 Å². The van der Waals surface area contributed by atoms with Crippen molar-refractivity contribution in [2.45, 2.75) is 42.5 Å². The molecule has 3 aromatic rings. The average molecular weight is 441 g/mol. The molecule has 1 aromatic heterocycles. The van der Waals surface area contributed by atoms with Gasteiger partial charge in [-0.2, -0.15) is 0 Å². The molecule has 2 amide bonds. The van der Waals surface area contributed by atoms with Gasteiger partial charge in [-0.05, 0) is 55.2 Å². The first-order valence-electron chi connectivity index (χ1n) is 9.64. The van der Waals surface area contributed by atoms with Crippen LogP contribution in [0.4, 0.5) is 5.69 Å². The minimum Gasteiger partial charge on any atom is -0.340 e. The summed E-state index contributed by atoms with van der Waals surface area (Å²) in [4.78, 5) is 26.6. The van der Waals surface area contributed by atoms with E-state index in [1.54, 1.807) is 11.6 Å². The fourth-order valence-electron chi connectivity index (χ4n) is 2.91. The molecule has 0 saturated heterocycles. The molecule has 0 aliphatic heterocycles. The van der Waals surface area contributed by atoms with Crippen LogP contribution < -0.4 is 10.6 Å². The van der Waals surface area contributed by atoms with Gasteiger partial charge in [0.1, 0.15) is 11.6 Å². The first-order valence-corrected chi connectivity index (χ1v) is 11.3. The molecule has 0 aliphatic rings. The molecule has 1 heterocycles. The number of rotatable bonds is 8. The zero-order chi connectivity index (χ0) is 21.5. The van der Waals surface area contributed by atoms with Crippen molar-refractivity contribution in [2.24, 2.45) is 5.92 Å². The largest absolute Gasteiger partial charge is 0.340 e. The van der Waals surface area contributed by atoms with E-state index in [4.69, 9.17) is 0 Å². The summed E-state index contributed by atoms with van der Waals surface area (Å²) in [6, 6.07) is 14.3. The molecule has 8 heteroatoms. The van der Waals surface area contributed by atoms with E-state index in [9.17, 15) is 9.59 Å². The van der Waals surface area contributed by atoms with Gasteiger partial charge in [0, 0.05) is 16.1 Å². The van der Waals surface area contributed by atoms with Gasteiger partial charge >= 0.3 is 0 Å². The molecule has 0 radical (unpaired) electrons. The van der Waals surface area contributed by atoms with Gasteiger partial charge in [-0.15, -0.1) is 10.2 Å². The lowest BCUT2D eigenvalue weighted by atomic mass is 10.0. The standard InChI is InChI=1S/C22H24N4O2S2/c1-14(2)12-19(25-20(27)18-7-5-4-6-15(18)3)21(28)24-16-8-10-17(11-9-16)30-22-26-23-13-29-22/h4-11,13-14,19H,12H2,1-3H3,(H,24,28)(H,25,27). The normalized spacial score (nSPS) is 11.9. The van der Waals surface area contributed by atoms with E-state index in [1.807, 2.05) is 63.2 Å². The van der Waals surface area contributed by atoms with Gasteiger partial charge in [-0.3, -0.25) is 9.59 Å². The fraction of sp³-hybridized carbons (Fsp3) is 0.273. The Hall–Kier alpha value is -2.71. The Morgan fingerprint density at radius 3 is 2.47 bits per heavy atom. The Morgan fingerprint density at radius 1 is 1.10 bits per heavy atom. The van der Waals surface area contributed by atoms with Crippen molar-refractivity contribution in [3.8, 4) is 0 Å². The summed E-state index contributed by atoms with van der Waals surface area (Å²) < 4.78 is 0.864. The Kier molecular flexibility index (Phi) is 7.59. The Bertz CT molecular complexity index is 989. The van der Waals surface area contributed by atoms with Gasteiger partial charge in [0.25, 0.3) is 5.91 Å². The van der Waals surface area contributed by atoms with Crippen LogP contribution in [0.3, 0.4) is 0 Å². The average Bonchev–Trinajstić information content (AvgIpc) is 3.22. The first-order chi connectivity index (χ1) is 14.4. The van der Waals surface area contributed by atoms with Crippen LogP contribution in [0.25, 0.3) is 0 Å². The first kappa shape index (κ1) is 22.0. The smallest absolute Gasteiger partial charge is 0.252 e. The lowest BCUT2D eigenvalue weighted by Crippen LogP contribution is -2.44. The number of hydrogen-bond acceptors (Lipinski definition) is 6. The molecule has 2 aromatic carbocycles. The number of anilines is 1. The zero-order valence-electron chi connectivity index (χ0n) is 17.1. The number of carbonyl (C=O) groups excluding carboxylic acids is 2. The monoisotopic (exact) mass is 440 g/mol. The topological polar surface area (TPSA) is 84.0 Å². The maximum Gasteiger partial charge on any atom is 0.252 e. The number of amides is 2. The van der Waals surface area contributed by atoms with Crippen LogP contribution in [-0.2, 0) is 4.79 Å². The van der Waals surface area contributed by atoms with Gasteiger partial charge in [0.05, 0.1) is 0 Å². The second-order valence-corrected chi connectivity index (χ2v) is 9.44. The summed E-state index contributed by atoms with van der Waals surface area (Å²) in [5.41, 5.74) is 3.83. The molecular formula is C22H24N4O2S2. The molecule has 6 nitrogen and oxygen atoms in total. The summed E-state index contributed by atoms with van der Waals surface area (Å²) in [7, 11) is 0. The van der Waals surface area contributed by atoms with E-state index in [0.717, 1.165) is 14.8 Å². The van der Waals surface area contributed by atoms with Gasteiger partial charge in [-0.1, -0.05) is 55.1 Å². The van der Waals surface area contributed by atoms with E-state index in [0.29, 0.717) is 17.7 Å². The Labute approximate surface area is 184 Å². The third-order valence-corrected chi connectivity index (χ3v) is 6.17. The molecular weight excluding hydrogens is 416 g/mol. The molecule has 30 heavy (non-hydrogen) atoms. The molecule has 1 unspecified atom stereocenters. The maximum atomic E-state index is 12.9. The number of aromatic nitrogens is 2. The minimum absolute atomic E-state index is 0.227. The fourth-order valence-corrected chi connectivity index (χ4v) is 4.36. The van der Waals surface area contributed by atoms with Gasteiger partial charge in [-0.25, -0.2) is 0 Å². The molecule has 3 rings (SSSR count). The highest BCUT2D eigenvalue weighted by atomic mass is 32.2. The Morgan fingerprint density at radius 2 is 1.83 bits per heavy atom. The van der Waals surface area contributed by atoms with Crippen LogP contribution in [0.5, 0.6) is 0 Å². The van der Waals surface area contributed by atoms with E-state index >= 15 is 0 Å². The summed E-state index contributed by atoms with van der Waals surface area (Å²) in [5, 5.41) is 13.7. The highest BCUT2D eigenvalue weighted by Crippen LogP contribution is 2.29. The summed E-state index contributed by atoms with van der Waals surface area (Å²) in [6.07, 6.45) is 0.550. The van der Waals surface area contributed by atoms with E-state index in [1.165, 1.54) is 23.1 Å². The third kappa shape index (κ3) is 6.14. The van der Waals surface area contributed by atoms with Crippen molar-refractivity contribution in [3.63, 3.8) is 0 Å². The SMILES string of the molecule is Cc1ccccc1C(=O)NC(CC(C)C)C(=O)Nc1ccc(Sc2nncs2)cc1. The number of carbonyl (C=O) groups is 2. The zero-order valence-corrected chi connectivity index (χ0v) is 18.7. The molecule has 2 N–H and O–H groups in total. The van der Waals surface area contributed by atoms with Crippen LogP contribution >= 0.6 is 23.1 Å². The number of benzene rings is 2. The second kappa shape index (κ2) is 10.4. The van der Waals surface area contributed by atoms with Crippen molar-refractivity contribution in [1.29, 1.82) is 0 Å². The lowest BCUT2D eigenvalue weighted by molar-refractivity contribution is -0.118. The predicted molar refractivity (Wildman–Crippen MR) is 121 cm³/mol. The highest BCUT2D eigenvalue weighted by Gasteiger charge is 2.23. The highest BCUT2D eigenvalue weighted by molar-refractivity contribution is 8.01. The summed E-state index contributed by atoms with van der Waals surface area (Å²) >= 11 is 3.00. The predicted octanol–water partition coefficient (Wildman–Crippen LogP) is 4.78. The summed E-state index contributed by atoms with van der Waals surface area (Å²) in [6.45, 7) is 5.94. The number of hydrogen-bond donors (Lipinski definition) is 2. The van der Waals surface area contributed by atoms with Gasteiger partial charge in [0.15, 0.2) is 4.34 Å². The molecule has 0 saturated carbocycles. The molecule has 0 bridgehead atoms. The van der Waals surface area contributed by atoms with Crippen LogP contribution in [0, 0.1) is 12.8 Å². The third-order valence-electron chi connectivity index (χ3n) is 4.39.